The summed E-state index contributed by atoms with van der Waals surface area (Å²) in [7, 11) is 0. The first kappa shape index (κ1) is 10.9. The van der Waals surface area contributed by atoms with E-state index in [-0.39, 0.29) is 24.1 Å². The molecule has 2 heterocycles. The number of ether oxygens (including phenoxy) is 3. The molecule has 4 nitrogen and oxygen atoms in total. The Morgan fingerprint density at radius 1 is 1.60 bits per heavy atom. The van der Waals surface area contributed by atoms with Gasteiger partial charge in [0, 0.05) is 12.8 Å². The van der Waals surface area contributed by atoms with Gasteiger partial charge in [-0.2, -0.15) is 0 Å². The second-order valence-electron chi connectivity index (χ2n) is 4.42. The monoisotopic (exact) mass is 214 g/mol. The zero-order valence-corrected chi connectivity index (χ0v) is 9.49. The molecule has 2 rings (SSSR count). The van der Waals surface area contributed by atoms with Crippen LogP contribution in [0.4, 0.5) is 0 Å². The number of rotatable bonds is 2. The van der Waals surface area contributed by atoms with Gasteiger partial charge in [0.05, 0.1) is 6.61 Å². The van der Waals surface area contributed by atoms with Crippen LogP contribution in [0.15, 0.2) is 0 Å². The molecule has 0 radical (unpaired) electrons. The molecule has 0 unspecified atom stereocenters. The van der Waals surface area contributed by atoms with Gasteiger partial charge < -0.3 is 14.2 Å². The summed E-state index contributed by atoms with van der Waals surface area (Å²) in [5.74, 6) is -0.404. The number of hydrogen-bond acceptors (Lipinski definition) is 4. The van der Waals surface area contributed by atoms with Gasteiger partial charge in [0.25, 0.3) is 0 Å². The molecule has 0 spiro atoms. The summed E-state index contributed by atoms with van der Waals surface area (Å²) >= 11 is 0. The molecule has 15 heavy (non-hydrogen) atoms. The maximum Gasteiger partial charge on any atom is 0.302 e. The van der Waals surface area contributed by atoms with Crippen LogP contribution in [0.5, 0.6) is 0 Å². The van der Waals surface area contributed by atoms with Crippen LogP contribution in [0.25, 0.3) is 0 Å². The molecule has 2 aliphatic heterocycles. The van der Waals surface area contributed by atoms with Gasteiger partial charge in [0.2, 0.25) is 0 Å². The molecule has 0 aromatic heterocycles. The Balaban J connectivity index is 2.08. The first-order valence-corrected chi connectivity index (χ1v) is 5.56. The van der Waals surface area contributed by atoms with Crippen molar-refractivity contribution < 1.29 is 19.0 Å². The van der Waals surface area contributed by atoms with Crippen LogP contribution < -0.4 is 0 Å². The molecule has 0 aromatic carbocycles. The Morgan fingerprint density at radius 2 is 2.33 bits per heavy atom. The Bertz CT molecular complexity index is 265. The normalized spacial score (nSPS) is 44.1. The molecule has 0 amide bonds. The Hall–Kier alpha value is -0.610. The van der Waals surface area contributed by atoms with Crippen LogP contribution in [0, 0.1) is 5.92 Å². The lowest BCUT2D eigenvalue weighted by atomic mass is 9.88. The van der Waals surface area contributed by atoms with Gasteiger partial charge in [-0.1, -0.05) is 13.8 Å². The van der Waals surface area contributed by atoms with Crippen LogP contribution in [0.2, 0.25) is 0 Å². The number of carbonyl (C=O) groups excluding carboxylic acids is 1. The van der Waals surface area contributed by atoms with Gasteiger partial charge in [0.1, 0.15) is 12.2 Å². The number of esters is 1. The van der Waals surface area contributed by atoms with Crippen molar-refractivity contribution in [2.45, 2.75) is 51.6 Å². The van der Waals surface area contributed by atoms with Crippen molar-refractivity contribution >= 4 is 5.97 Å². The minimum Gasteiger partial charge on any atom is -0.460 e. The molecule has 0 N–H and O–H groups in total. The van der Waals surface area contributed by atoms with Crippen molar-refractivity contribution in [2.75, 3.05) is 6.61 Å². The highest BCUT2D eigenvalue weighted by atomic mass is 16.8. The maximum atomic E-state index is 10.9. The Kier molecular flexibility index (Phi) is 2.73. The van der Waals surface area contributed by atoms with Crippen LogP contribution in [0.3, 0.4) is 0 Å². The second kappa shape index (κ2) is 3.76. The van der Waals surface area contributed by atoms with E-state index in [2.05, 4.69) is 13.8 Å². The van der Waals surface area contributed by atoms with Crippen LogP contribution >= 0.6 is 0 Å². The molecular weight excluding hydrogens is 196 g/mol. The highest BCUT2D eigenvalue weighted by Gasteiger charge is 2.53. The highest BCUT2D eigenvalue weighted by molar-refractivity contribution is 5.66. The lowest BCUT2D eigenvalue weighted by molar-refractivity contribution is -0.243. The zero-order valence-electron chi connectivity index (χ0n) is 9.49. The lowest BCUT2D eigenvalue weighted by Gasteiger charge is -2.39. The fourth-order valence-corrected chi connectivity index (χ4v) is 2.54. The molecule has 2 aliphatic rings. The molecule has 0 saturated carbocycles. The van der Waals surface area contributed by atoms with Crippen molar-refractivity contribution in [1.82, 2.24) is 0 Å². The summed E-state index contributed by atoms with van der Waals surface area (Å²) in [6, 6.07) is 0. The molecule has 2 bridgehead atoms. The quantitative estimate of drug-likeness (QED) is 0.653. The maximum absolute atomic E-state index is 10.9. The van der Waals surface area contributed by atoms with E-state index >= 15 is 0 Å². The fourth-order valence-electron chi connectivity index (χ4n) is 2.54. The number of carbonyl (C=O) groups is 1. The van der Waals surface area contributed by atoms with Gasteiger partial charge in [-0.15, -0.1) is 0 Å². The minimum atomic E-state index is -0.429. The fraction of sp³-hybridized carbons (Fsp3) is 0.909. The van der Waals surface area contributed by atoms with Crippen LogP contribution in [-0.2, 0) is 19.0 Å². The average Bonchev–Trinajstić information content (AvgIpc) is 2.56. The summed E-state index contributed by atoms with van der Waals surface area (Å²) in [6.07, 6.45) is 1.46. The van der Waals surface area contributed by atoms with E-state index in [1.165, 1.54) is 6.92 Å². The van der Waals surface area contributed by atoms with E-state index in [0.717, 1.165) is 12.8 Å². The van der Waals surface area contributed by atoms with Crippen LogP contribution in [-0.4, -0.2) is 30.6 Å². The largest absolute Gasteiger partial charge is 0.460 e. The van der Waals surface area contributed by atoms with E-state index in [0.29, 0.717) is 6.61 Å². The van der Waals surface area contributed by atoms with Gasteiger partial charge in [-0.3, -0.25) is 4.79 Å². The summed E-state index contributed by atoms with van der Waals surface area (Å²) in [4.78, 5) is 10.9. The van der Waals surface area contributed by atoms with E-state index in [1.54, 1.807) is 0 Å². The summed E-state index contributed by atoms with van der Waals surface area (Å²) < 4.78 is 16.8. The predicted octanol–water partition coefficient (Wildman–Crippen LogP) is 1.48. The molecule has 86 valence electrons. The zero-order chi connectivity index (χ0) is 11.1. The molecule has 2 saturated heterocycles. The Morgan fingerprint density at radius 3 is 2.93 bits per heavy atom. The second-order valence-corrected chi connectivity index (χ2v) is 4.42. The molecule has 2 fully saturated rings. The van der Waals surface area contributed by atoms with Gasteiger partial charge in [0.15, 0.2) is 5.79 Å². The van der Waals surface area contributed by atoms with Crippen molar-refractivity contribution in [2.24, 2.45) is 5.92 Å². The third kappa shape index (κ3) is 1.76. The van der Waals surface area contributed by atoms with Crippen molar-refractivity contribution in [3.8, 4) is 0 Å². The highest BCUT2D eigenvalue weighted by Crippen LogP contribution is 2.43. The molecule has 0 aliphatic carbocycles. The summed E-state index contributed by atoms with van der Waals surface area (Å²) in [6.45, 7) is 6.12. The predicted molar refractivity (Wildman–Crippen MR) is 53.2 cm³/mol. The van der Waals surface area contributed by atoms with Gasteiger partial charge in [-0.25, -0.2) is 0 Å². The summed E-state index contributed by atoms with van der Waals surface area (Å²) in [5, 5.41) is 0. The summed E-state index contributed by atoms with van der Waals surface area (Å²) in [5.41, 5.74) is 0. The average molecular weight is 214 g/mol. The minimum absolute atomic E-state index is 0.0787. The van der Waals surface area contributed by atoms with Gasteiger partial charge >= 0.3 is 5.97 Å². The van der Waals surface area contributed by atoms with Crippen molar-refractivity contribution in [1.29, 1.82) is 0 Å². The smallest absolute Gasteiger partial charge is 0.302 e. The SMILES string of the molecule is CC[C@@]12OC[C@@H](O1)[C@@H](OC(C)=O)C[C@@H]2C. The first-order valence-electron chi connectivity index (χ1n) is 5.56. The van der Waals surface area contributed by atoms with E-state index in [4.69, 9.17) is 14.2 Å². The standard InChI is InChI=1S/C11H18O4/c1-4-11-7(2)5-9(14-8(3)12)10(15-11)6-13-11/h7,9-10H,4-6H2,1-3H3/t7-,9-,10+,11+/m0/s1. The van der Waals surface area contributed by atoms with Gasteiger partial charge in [-0.05, 0) is 12.8 Å². The Labute approximate surface area is 89.9 Å². The van der Waals surface area contributed by atoms with E-state index in [9.17, 15) is 4.79 Å². The lowest BCUT2D eigenvalue weighted by Crippen LogP contribution is -2.47. The first-order chi connectivity index (χ1) is 7.07. The molecular formula is C11H18O4. The number of fused-ring (bicyclic) bond motifs is 2. The third-order valence-corrected chi connectivity index (χ3v) is 3.40. The molecule has 0 aromatic rings. The van der Waals surface area contributed by atoms with E-state index < -0.39 is 5.79 Å². The van der Waals surface area contributed by atoms with Crippen LogP contribution in [0.1, 0.15) is 33.6 Å². The molecule has 4 atom stereocenters. The van der Waals surface area contributed by atoms with Crippen molar-refractivity contribution in [3.63, 3.8) is 0 Å². The van der Waals surface area contributed by atoms with Crippen molar-refractivity contribution in [3.05, 3.63) is 0 Å². The number of hydrogen-bond donors (Lipinski definition) is 0. The van der Waals surface area contributed by atoms with E-state index in [1.807, 2.05) is 0 Å². The third-order valence-electron chi connectivity index (χ3n) is 3.40. The molecule has 4 heteroatoms. The topological polar surface area (TPSA) is 44.8 Å².